The van der Waals surface area contributed by atoms with Gasteiger partial charge in [-0.25, -0.2) is 0 Å². The summed E-state index contributed by atoms with van der Waals surface area (Å²) in [6.45, 7) is 7.77. The lowest BCUT2D eigenvalue weighted by Gasteiger charge is -2.36. The molecule has 1 aliphatic carbocycles. The number of H-pyrrole nitrogens is 1. The molecule has 1 aromatic carbocycles. The van der Waals surface area contributed by atoms with Crippen molar-refractivity contribution in [2.24, 2.45) is 17.8 Å². The third-order valence-electron chi connectivity index (χ3n) is 6.83. The number of fused-ring (bicyclic) bond motifs is 3. The maximum Gasteiger partial charge on any atom is 0.226 e. The average Bonchev–Trinajstić information content (AvgIpc) is 3.10. The molecule has 5 heteroatoms. The van der Waals surface area contributed by atoms with Crippen LogP contribution in [0.3, 0.4) is 0 Å². The fraction of sp³-hybridized carbons (Fsp3) is 0.600. The zero-order valence-electron chi connectivity index (χ0n) is 18.5. The van der Waals surface area contributed by atoms with Gasteiger partial charge in [0.05, 0.1) is 6.54 Å². The average molecular weight is 410 g/mol. The monoisotopic (exact) mass is 409 g/mol. The standard InChI is InChI=1S/C25H35N3O2/c1-16(2)14-17(3)26-24(29)20-9-4-5-10-21(20)25(30)28-13-12-19-18-8-6-7-11-22(18)27-23(19)15-28/h6-8,11,16-17,20-21,27H,4-5,9-10,12-15H2,1-3H3,(H,26,29). The number of para-hydroxylation sites is 1. The van der Waals surface area contributed by atoms with Crippen molar-refractivity contribution in [1.82, 2.24) is 15.2 Å². The Balaban J connectivity index is 1.46. The first-order chi connectivity index (χ1) is 14.4. The largest absolute Gasteiger partial charge is 0.357 e. The van der Waals surface area contributed by atoms with E-state index in [-0.39, 0.29) is 29.7 Å². The first-order valence-corrected chi connectivity index (χ1v) is 11.6. The molecule has 1 saturated carbocycles. The SMILES string of the molecule is CC(C)CC(C)NC(=O)C1CCCCC1C(=O)N1CCc2c([nH]c3ccccc23)C1. The van der Waals surface area contributed by atoms with Crippen molar-refractivity contribution in [3.05, 3.63) is 35.5 Å². The molecule has 2 amide bonds. The summed E-state index contributed by atoms with van der Waals surface area (Å²) in [7, 11) is 0. The van der Waals surface area contributed by atoms with E-state index < -0.39 is 0 Å². The van der Waals surface area contributed by atoms with E-state index in [2.05, 4.69) is 49.3 Å². The number of aromatic amines is 1. The molecule has 5 nitrogen and oxygen atoms in total. The summed E-state index contributed by atoms with van der Waals surface area (Å²) >= 11 is 0. The van der Waals surface area contributed by atoms with Crippen molar-refractivity contribution < 1.29 is 9.59 Å². The Kier molecular flexibility index (Phi) is 6.16. The molecular formula is C25H35N3O2. The highest BCUT2D eigenvalue weighted by molar-refractivity contribution is 5.89. The Morgan fingerprint density at radius 3 is 2.63 bits per heavy atom. The van der Waals surface area contributed by atoms with Crippen molar-refractivity contribution in [3.63, 3.8) is 0 Å². The van der Waals surface area contributed by atoms with E-state index in [9.17, 15) is 9.59 Å². The fourth-order valence-corrected chi connectivity index (χ4v) is 5.47. The number of rotatable bonds is 5. The third kappa shape index (κ3) is 4.26. The Morgan fingerprint density at radius 1 is 1.13 bits per heavy atom. The predicted octanol–water partition coefficient (Wildman–Crippen LogP) is 4.41. The molecule has 3 unspecified atom stereocenters. The number of nitrogens with zero attached hydrogens (tertiary/aromatic N) is 1. The topological polar surface area (TPSA) is 65.2 Å². The number of carbonyl (C=O) groups is 2. The van der Waals surface area contributed by atoms with Crippen LogP contribution in [0.15, 0.2) is 24.3 Å². The summed E-state index contributed by atoms with van der Waals surface area (Å²) in [5, 5.41) is 4.46. The van der Waals surface area contributed by atoms with Crippen LogP contribution in [0.2, 0.25) is 0 Å². The van der Waals surface area contributed by atoms with Crippen molar-refractivity contribution >= 4 is 22.7 Å². The molecule has 2 N–H and O–H groups in total. The van der Waals surface area contributed by atoms with Gasteiger partial charge in [-0.15, -0.1) is 0 Å². The van der Waals surface area contributed by atoms with E-state index in [1.54, 1.807) is 0 Å². The van der Waals surface area contributed by atoms with Gasteiger partial charge in [0.1, 0.15) is 0 Å². The molecule has 0 saturated heterocycles. The Hall–Kier alpha value is -2.30. The van der Waals surface area contributed by atoms with Gasteiger partial charge in [-0.3, -0.25) is 9.59 Å². The van der Waals surface area contributed by atoms with Crippen LogP contribution in [0.1, 0.15) is 64.1 Å². The minimum absolute atomic E-state index is 0.0736. The first kappa shape index (κ1) is 21.0. The van der Waals surface area contributed by atoms with Gasteiger partial charge in [0.15, 0.2) is 0 Å². The second kappa shape index (κ2) is 8.83. The summed E-state index contributed by atoms with van der Waals surface area (Å²) in [6, 6.07) is 8.51. The van der Waals surface area contributed by atoms with Crippen LogP contribution in [-0.4, -0.2) is 34.3 Å². The van der Waals surface area contributed by atoms with Crippen molar-refractivity contribution in [2.45, 2.75) is 71.9 Å². The Labute approximate surface area is 179 Å². The van der Waals surface area contributed by atoms with E-state index in [4.69, 9.17) is 0 Å². The minimum Gasteiger partial charge on any atom is -0.357 e. The van der Waals surface area contributed by atoms with Gasteiger partial charge in [0.2, 0.25) is 11.8 Å². The van der Waals surface area contributed by atoms with Crippen molar-refractivity contribution in [3.8, 4) is 0 Å². The highest BCUT2D eigenvalue weighted by Crippen LogP contribution is 2.34. The summed E-state index contributed by atoms with van der Waals surface area (Å²) in [5.41, 5.74) is 3.64. The van der Waals surface area contributed by atoms with Crippen LogP contribution < -0.4 is 5.32 Å². The molecule has 162 valence electrons. The maximum atomic E-state index is 13.5. The number of nitrogens with one attached hydrogen (secondary N) is 2. The van der Waals surface area contributed by atoms with Gasteiger partial charge in [-0.05, 0) is 50.2 Å². The first-order valence-electron chi connectivity index (χ1n) is 11.6. The second-order valence-electron chi connectivity index (χ2n) is 9.67. The third-order valence-corrected chi connectivity index (χ3v) is 6.83. The number of carbonyl (C=O) groups excluding carboxylic acids is 2. The molecule has 1 fully saturated rings. The second-order valence-corrected chi connectivity index (χ2v) is 9.67. The molecule has 1 aromatic heterocycles. The summed E-state index contributed by atoms with van der Waals surface area (Å²) < 4.78 is 0. The molecule has 1 aliphatic heterocycles. The molecule has 2 heterocycles. The van der Waals surface area contributed by atoms with Gasteiger partial charge in [-0.1, -0.05) is 44.9 Å². The summed E-state index contributed by atoms with van der Waals surface area (Å²) in [6.07, 6.45) is 5.56. The van der Waals surface area contributed by atoms with Crippen molar-refractivity contribution in [1.29, 1.82) is 0 Å². The van der Waals surface area contributed by atoms with E-state index in [1.165, 1.54) is 10.9 Å². The van der Waals surface area contributed by atoms with E-state index >= 15 is 0 Å². The Bertz CT molecular complexity index is 916. The molecule has 0 spiro atoms. The maximum absolute atomic E-state index is 13.5. The molecule has 0 radical (unpaired) electrons. The number of hydrogen-bond donors (Lipinski definition) is 2. The molecule has 2 aromatic rings. The number of aromatic nitrogens is 1. The fourth-order valence-electron chi connectivity index (χ4n) is 5.47. The number of amides is 2. The highest BCUT2D eigenvalue weighted by Gasteiger charge is 2.39. The van der Waals surface area contributed by atoms with E-state index in [1.807, 2.05) is 11.0 Å². The van der Waals surface area contributed by atoms with Crippen LogP contribution in [0.25, 0.3) is 10.9 Å². The molecule has 3 atom stereocenters. The zero-order chi connectivity index (χ0) is 21.3. The summed E-state index contributed by atoms with van der Waals surface area (Å²) in [4.78, 5) is 32.0. The van der Waals surface area contributed by atoms with E-state index in [0.29, 0.717) is 12.5 Å². The normalized spacial score (nSPS) is 22.7. The number of hydrogen-bond acceptors (Lipinski definition) is 2. The molecule has 2 aliphatic rings. The van der Waals surface area contributed by atoms with Gasteiger partial charge in [0, 0.05) is 41.0 Å². The van der Waals surface area contributed by atoms with Gasteiger partial charge < -0.3 is 15.2 Å². The Morgan fingerprint density at radius 2 is 1.87 bits per heavy atom. The van der Waals surface area contributed by atoms with Crippen LogP contribution in [0, 0.1) is 17.8 Å². The lowest BCUT2D eigenvalue weighted by atomic mass is 9.77. The molecular weight excluding hydrogens is 374 g/mol. The van der Waals surface area contributed by atoms with Crippen LogP contribution in [-0.2, 0) is 22.6 Å². The molecule has 0 bridgehead atoms. The minimum atomic E-state index is -0.190. The highest BCUT2D eigenvalue weighted by atomic mass is 16.2. The van der Waals surface area contributed by atoms with Crippen LogP contribution in [0.5, 0.6) is 0 Å². The summed E-state index contributed by atoms with van der Waals surface area (Å²) in [5.74, 6) is 0.407. The van der Waals surface area contributed by atoms with Crippen LogP contribution >= 0.6 is 0 Å². The smallest absolute Gasteiger partial charge is 0.226 e. The van der Waals surface area contributed by atoms with Gasteiger partial charge in [0.25, 0.3) is 0 Å². The lowest BCUT2D eigenvalue weighted by molar-refractivity contribution is -0.144. The van der Waals surface area contributed by atoms with Gasteiger partial charge in [-0.2, -0.15) is 0 Å². The molecule has 30 heavy (non-hydrogen) atoms. The zero-order valence-corrected chi connectivity index (χ0v) is 18.5. The van der Waals surface area contributed by atoms with Gasteiger partial charge >= 0.3 is 0 Å². The predicted molar refractivity (Wildman–Crippen MR) is 120 cm³/mol. The van der Waals surface area contributed by atoms with Crippen LogP contribution in [0.4, 0.5) is 0 Å². The quantitative estimate of drug-likeness (QED) is 0.768. The van der Waals surface area contributed by atoms with E-state index in [0.717, 1.165) is 56.3 Å². The number of benzene rings is 1. The molecule has 4 rings (SSSR count). The lowest BCUT2D eigenvalue weighted by Crippen LogP contribution is -2.48. The van der Waals surface area contributed by atoms with Crippen molar-refractivity contribution in [2.75, 3.05) is 6.54 Å².